The van der Waals surface area contributed by atoms with Gasteiger partial charge in [-0.1, -0.05) is 0 Å². The van der Waals surface area contributed by atoms with Crippen LogP contribution in [0.2, 0.25) is 0 Å². The Morgan fingerprint density at radius 1 is 1.13 bits per heavy atom. The van der Waals surface area contributed by atoms with Crippen molar-refractivity contribution in [3.8, 4) is 0 Å². The van der Waals surface area contributed by atoms with Crippen molar-refractivity contribution >= 4 is 5.91 Å². The molecule has 0 fully saturated rings. The third-order valence-corrected chi connectivity index (χ3v) is 1.62. The molecule has 0 atom stereocenters. The van der Waals surface area contributed by atoms with Gasteiger partial charge in [0.15, 0.2) is 0 Å². The normalized spacial score (nSPS) is 11.5. The lowest BCUT2D eigenvalue weighted by atomic mass is 10.1. The maximum absolute atomic E-state index is 12.9. The Balaban J connectivity index is 3.39. The molecule has 1 amide bonds. The van der Waals surface area contributed by atoms with Crippen molar-refractivity contribution in [3.05, 3.63) is 34.9 Å². The smallest absolute Gasteiger partial charge is 0.365 e. The van der Waals surface area contributed by atoms with Crippen molar-refractivity contribution in [1.82, 2.24) is 0 Å². The summed E-state index contributed by atoms with van der Waals surface area (Å²) in [5.41, 5.74) is 1.89. The van der Waals surface area contributed by atoms with Gasteiger partial charge in [0, 0.05) is 0 Å². The second kappa shape index (κ2) is 3.48. The molecule has 0 saturated carbocycles. The number of halogens is 5. The average Bonchev–Trinajstić information content (AvgIpc) is 1.99. The van der Waals surface area contributed by atoms with E-state index >= 15 is 0 Å². The number of hydrogen-bond acceptors (Lipinski definition) is 1. The van der Waals surface area contributed by atoms with Gasteiger partial charge in [0.05, 0.1) is 5.56 Å². The highest BCUT2D eigenvalue weighted by Crippen LogP contribution is 2.31. The zero-order chi connectivity index (χ0) is 11.8. The molecule has 0 bridgehead atoms. The number of benzene rings is 1. The standard InChI is InChI=1S/C8H4F5NO/c9-4-1-3(8(11,12)13)2-5(10)6(4)7(14)15/h1-2H,(H2,14,15). The van der Waals surface area contributed by atoms with Gasteiger partial charge < -0.3 is 5.73 Å². The minimum Gasteiger partial charge on any atom is -0.365 e. The molecule has 0 unspecified atom stereocenters. The van der Waals surface area contributed by atoms with E-state index in [0.717, 1.165) is 0 Å². The molecule has 15 heavy (non-hydrogen) atoms. The predicted molar refractivity (Wildman–Crippen MR) is 39.9 cm³/mol. The molecule has 7 heteroatoms. The first kappa shape index (κ1) is 11.4. The highest BCUT2D eigenvalue weighted by molar-refractivity contribution is 5.93. The highest BCUT2D eigenvalue weighted by atomic mass is 19.4. The van der Waals surface area contributed by atoms with Crippen LogP contribution in [-0.2, 0) is 6.18 Å². The van der Waals surface area contributed by atoms with E-state index in [-0.39, 0.29) is 12.1 Å². The van der Waals surface area contributed by atoms with Crippen LogP contribution in [0.1, 0.15) is 15.9 Å². The van der Waals surface area contributed by atoms with Crippen molar-refractivity contribution in [2.45, 2.75) is 6.18 Å². The lowest BCUT2D eigenvalue weighted by molar-refractivity contribution is -0.138. The fraction of sp³-hybridized carbons (Fsp3) is 0.125. The highest BCUT2D eigenvalue weighted by Gasteiger charge is 2.33. The fourth-order valence-corrected chi connectivity index (χ4v) is 0.972. The lowest BCUT2D eigenvalue weighted by Crippen LogP contribution is -2.17. The molecule has 0 aliphatic carbocycles. The summed E-state index contributed by atoms with van der Waals surface area (Å²) < 4.78 is 61.8. The number of amides is 1. The van der Waals surface area contributed by atoms with E-state index in [0.29, 0.717) is 0 Å². The molecule has 1 aromatic carbocycles. The monoisotopic (exact) mass is 225 g/mol. The third kappa shape index (κ3) is 2.23. The minimum absolute atomic E-state index is 0.0170. The van der Waals surface area contributed by atoms with E-state index < -0.39 is 34.8 Å². The number of primary amides is 1. The Labute approximate surface area is 80.5 Å². The Hall–Kier alpha value is -1.66. The number of rotatable bonds is 1. The quantitative estimate of drug-likeness (QED) is 0.730. The van der Waals surface area contributed by atoms with Crippen molar-refractivity contribution in [2.75, 3.05) is 0 Å². The van der Waals surface area contributed by atoms with Crippen LogP contribution in [0.5, 0.6) is 0 Å². The summed E-state index contributed by atoms with van der Waals surface area (Å²) in [6.45, 7) is 0. The van der Waals surface area contributed by atoms with Gasteiger partial charge in [0.25, 0.3) is 5.91 Å². The molecule has 2 nitrogen and oxygen atoms in total. The van der Waals surface area contributed by atoms with Gasteiger partial charge >= 0.3 is 6.18 Å². The molecule has 0 aromatic heterocycles. The van der Waals surface area contributed by atoms with Gasteiger partial charge in [0.2, 0.25) is 0 Å². The van der Waals surface area contributed by atoms with E-state index in [2.05, 4.69) is 5.73 Å². The molecule has 0 radical (unpaired) electrons. The average molecular weight is 225 g/mol. The summed E-state index contributed by atoms with van der Waals surface area (Å²) in [4.78, 5) is 10.5. The summed E-state index contributed by atoms with van der Waals surface area (Å²) in [6, 6.07) is 0.0341. The summed E-state index contributed by atoms with van der Waals surface area (Å²) >= 11 is 0. The van der Waals surface area contributed by atoms with Crippen LogP contribution in [0.15, 0.2) is 12.1 Å². The van der Waals surface area contributed by atoms with E-state index in [1.807, 2.05) is 0 Å². The third-order valence-electron chi connectivity index (χ3n) is 1.62. The number of hydrogen-bond donors (Lipinski definition) is 1. The first-order valence-electron chi connectivity index (χ1n) is 3.59. The molecular weight excluding hydrogens is 221 g/mol. The van der Waals surface area contributed by atoms with Crippen molar-refractivity contribution in [1.29, 1.82) is 0 Å². The molecule has 82 valence electrons. The summed E-state index contributed by atoms with van der Waals surface area (Å²) in [6.07, 6.45) is -4.88. The minimum atomic E-state index is -4.88. The summed E-state index contributed by atoms with van der Waals surface area (Å²) in [5, 5.41) is 0. The van der Waals surface area contributed by atoms with Gasteiger partial charge in [0.1, 0.15) is 17.2 Å². The van der Waals surface area contributed by atoms with Crippen molar-refractivity contribution < 1.29 is 26.7 Å². The summed E-state index contributed by atoms with van der Waals surface area (Å²) in [5.74, 6) is -4.72. The van der Waals surface area contributed by atoms with Crippen LogP contribution in [0.3, 0.4) is 0 Å². The van der Waals surface area contributed by atoms with Crippen LogP contribution in [-0.4, -0.2) is 5.91 Å². The van der Waals surface area contributed by atoms with Gasteiger partial charge in [-0.05, 0) is 12.1 Å². The van der Waals surface area contributed by atoms with Crippen molar-refractivity contribution in [3.63, 3.8) is 0 Å². The molecule has 0 aliphatic rings. The Morgan fingerprint density at radius 3 is 1.80 bits per heavy atom. The maximum Gasteiger partial charge on any atom is 0.416 e. The Kier molecular flexibility index (Phi) is 2.65. The van der Waals surface area contributed by atoms with Crippen LogP contribution in [0, 0.1) is 11.6 Å². The maximum atomic E-state index is 12.9. The van der Waals surface area contributed by atoms with Crippen molar-refractivity contribution in [2.24, 2.45) is 5.73 Å². The van der Waals surface area contributed by atoms with Gasteiger partial charge in [-0.2, -0.15) is 13.2 Å². The molecule has 0 aliphatic heterocycles. The number of nitrogens with two attached hydrogens (primary N) is 1. The van der Waals surface area contributed by atoms with Gasteiger partial charge in [-0.25, -0.2) is 8.78 Å². The zero-order valence-corrected chi connectivity index (χ0v) is 7.03. The van der Waals surface area contributed by atoms with E-state index in [1.165, 1.54) is 0 Å². The molecule has 0 heterocycles. The number of carbonyl (C=O) groups excluding carboxylic acids is 1. The molecule has 2 N–H and O–H groups in total. The molecule has 1 rings (SSSR count). The first-order chi connectivity index (χ1) is 6.73. The Morgan fingerprint density at radius 2 is 1.53 bits per heavy atom. The molecule has 0 saturated heterocycles. The van der Waals surface area contributed by atoms with Crippen LogP contribution in [0.25, 0.3) is 0 Å². The second-order valence-corrected chi connectivity index (χ2v) is 2.68. The molecule has 1 aromatic rings. The SMILES string of the molecule is NC(=O)c1c(F)cc(C(F)(F)F)cc1F. The van der Waals surface area contributed by atoms with Crippen LogP contribution in [0.4, 0.5) is 22.0 Å². The lowest BCUT2D eigenvalue weighted by Gasteiger charge is -2.08. The van der Waals surface area contributed by atoms with Gasteiger partial charge in [-0.15, -0.1) is 0 Å². The van der Waals surface area contributed by atoms with Gasteiger partial charge in [-0.3, -0.25) is 4.79 Å². The number of carbonyl (C=O) groups is 1. The van der Waals surface area contributed by atoms with Crippen LogP contribution >= 0.6 is 0 Å². The fourth-order valence-electron chi connectivity index (χ4n) is 0.972. The first-order valence-corrected chi connectivity index (χ1v) is 3.59. The van der Waals surface area contributed by atoms with E-state index in [4.69, 9.17) is 0 Å². The van der Waals surface area contributed by atoms with E-state index in [1.54, 1.807) is 0 Å². The number of alkyl halides is 3. The topological polar surface area (TPSA) is 43.1 Å². The zero-order valence-electron chi connectivity index (χ0n) is 7.03. The molecular formula is C8H4F5NO. The second-order valence-electron chi connectivity index (χ2n) is 2.68. The summed E-state index contributed by atoms with van der Waals surface area (Å²) in [7, 11) is 0. The predicted octanol–water partition coefficient (Wildman–Crippen LogP) is 2.08. The Bertz CT molecular complexity index is 389. The van der Waals surface area contributed by atoms with E-state index in [9.17, 15) is 26.7 Å². The van der Waals surface area contributed by atoms with Crippen LogP contribution < -0.4 is 5.73 Å². The largest absolute Gasteiger partial charge is 0.416 e. The molecule has 0 spiro atoms.